The molecule has 0 spiro atoms. The zero-order chi connectivity index (χ0) is 17.4. The minimum Gasteiger partial charge on any atom is -0.338 e. The Bertz CT molecular complexity index is 648. The average molecular weight is 370 g/mol. The lowest BCUT2D eigenvalue weighted by Gasteiger charge is -2.15. The topological polar surface area (TPSA) is 71.8 Å². The standard InChI is InChI=1S/C16H21Cl2N5O/c1-12(8-13-4-5-14(17)9-15(13)18)22-16(24)19-6-2-3-7-23-10-20-21-11-23/h4-5,9-12H,2-3,6-8H2,1H3,(H2,19,22,24). The number of carbonyl (C=O) groups excluding carboxylic acids is 1. The molecule has 2 N–H and O–H groups in total. The van der Waals surface area contributed by atoms with Gasteiger partial charge in [0, 0.05) is 29.2 Å². The summed E-state index contributed by atoms with van der Waals surface area (Å²) in [7, 11) is 0. The normalized spacial score (nSPS) is 12.0. The van der Waals surface area contributed by atoms with Crippen molar-refractivity contribution in [1.29, 1.82) is 0 Å². The number of urea groups is 1. The summed E-state index contributed by atoms with van der Waals surface area (Å²) < 4.78 is 1.91. The molecule has 2 rings (SSSR count). The quantitative estimate of drug-likeness (QED) is 0.701. The van der Waals surface area contributed by atoms with E-state index >= 15 is 0 Å². The number of unbranched alkanes of at least 4 members (excludes halogenated alkanes) is 1. The Morgan fingerprint density at radius 1 is 1.25 bits per heavy atom. The number of nitrogens with one attached hydrogen (secondary N) is 2. The molecule has 8 heteroatoms. The van der Waals surface area contributed by atoms with Crippen LogP contribution in [0.1, 0.15) is 25.3 Å². The number of hydrogen-bond donors (Lipinski definition) is 2. The van der Waals surface area contributed by atoms with Gasteiger partial charge in [-0.1, -0.05) is 29.3 Å². The van der Waals surface area contributed by atoms with E-state index in [9.17, 15) is 4.79 Å². The van der Waals surface area contributed by atoms with E-state index < -0.39 is 0 Å². The molecule has 2 amide bonds. The van der Waals surface area contributed by atoms with Gasteiger partial charge in [-0.15, -0.1) is 10.2 Å². The maximum absolute atomic E-state index is 11.9. The Labute approximate surface area is 151 Å². The third-order valence-electron chi connectivity index (χ3n) is 3.51. The molecule has 0 fully saturated rings. The lowest BCUT2D eigenvalue weighted by atomic mass is 10.1. The van der Waals surface area contributed by atoms with Gasteiger partial charge in [0.05, 0.1) is 0 Å². The molecule has 1 aromatic carbocycles. The van der Waals surface area contributed by atoms with Gasteiger partial charge >= 0.3 is 6.03 Å². The van der Waals surface area contributed by atoms with E-state index in [0.29, 0.717) is 23.0 Å². The molecular formula is C16H21Cl2N5O. The van der Waals surface area contributed by atoms with Gasteiger partial charge in [-0.3, -0.25) is 0 Å². The number of amides is 2. The second kappa shape index (κ2) is 9.49. The molecule has 0 saturated heterocycles. The molecule has 1 unspecified atom stereocenters. The molecule has 2 aromatic rings. The first kappa shape index (κ1) is 18.5. The summed E-state index contributed by atoms with van der Waals surface area (Å²) in [6.45, 7) is 3.42. The SMILES string of the molecule is CC(Cc1ccc(Cl)cc1Cl)NC(=O)NCCCCn1cnnc1. The molecule has 1 heterocycles. The lowest BCUT2D eigenvalue weighted by Crippen LogP contribution is -2.42. The molecule has 0 aliphatic heterocycles. The third-order valence-corrected chi connectivity index (χ3v) is 4.10. The fourth-order valence-electron chi connectivity index (χ4n) is 2.30. The van der Waals surface area contributed by atoms with E-state index in [1.165, 1.54) is 0 Å². The highest BCUT2D eigenvalue weighted by molar-refractivity contribution is 6.35. The van der Waals surface area contributed by atoms with Crippen molar-refractivity contribution in [1.82, 2.24) is 25.4 Å². The van der Waals surface area contributed by atoms with Gasteiger partial charge in [0.15, 0.2) is 0 Å². The van der Waals surface area contributed by atoms with Gasteiger partial charge in [0.2, 0.25) is 0 Å². The summed E-state index contributed by atoms with van der Waals surface area (Å²) in [5.41, 5.74) is 0.961. The van der Waals surface area contributed by atoms with Crippen molar-refractivity contribution in [3.8, 4) is 0 Å². The van der Waals surface area contributed by atoms with Crippen molar-refractivity contribution < 1.29 is 4.79 Å². The van der Waals surface area contributed by atoms with Crippen LogP contribution in [0.25, 0.3) is 0 Å². The van der Waals surface area contributed by atoms with Crippen LogP contribution in [-0.4, -0.2) is 33.4 Å². The summed E-state index contributed by atoms with van der Waals surface area (Å²) in [6.07, 6.45) is 5.86. The van der Waals surface area contributed by atoms with Crippen LogP contribution in [-0.2, 0) is 13.0 Å². The molecule has 0 aliphatic rings. The largest absolute Gasteiger partial charge is 0.338 e. The van der Waals surface area contributed by atoms with Crippen molar-refractivity contribution in [2.75, 3.05) is 6.54 Å². The number of carbonyl (C=O) groups is 1. The number of rotatable bonds is 8. The van der Waals surface area contributed by atoms with Crippen LogP contribution in [0.2, 0.25) is 10.0 Å². The minimum absolute atomic E-state index is 0.0271. The Balaban J connectivity index is 1.62. The molecule has 6 nitrogen and oxygen atoms in total. The predicted octanol–water partition coefficient (Wildman–Crippen LogP) is 3.30. The zero-order valence-electron chi connectivity index (χ0n) is 13.5. The Hall–Kier alpha value is -1.79. The van der Waals surface area contributed by atoms with Gasteiger partial charge in [-0.2, -0.15) is 0 Å². The van der Waals surface area contributed by atoms with Crippen LogP contribution in [0.5, 0.6) is 0 Å². The highest BCUT2D eigenvalue weighted by Crippen LogP contribution is 2.22. The van der Waals surface area contributed by atoms with Crippen molar-refractivity contribution in [3.05, 3.63) is 46.5 Å². The smallest absolute Gasteiger partial charge is 0.315 e. The number of benzene rings is 1. The third kappa shape index (κ3) is 6.37. The number of hydrogen-bond acceptors (Lipinski definition) is 3. The van der Waals surface area contributed by atoms with Crippen LogP contribution in [0, 0.1) is 0 Å². The van der Waals surface area contributed by atoms with E-state index in [4.69, 9.17) is 23.2 Å². The number of halogens is 2. The van der Waals surface area contributed by atoms with Gasteiger partial charge < -0.3 is 15.2 Å². The van der Waals surface area contributed by atoms with Gasteiger partial charge in [-0.05, 0) is 43.9 Å². The van der Waals surface area contributed by atoms with Crippen LogP contribution in [0.3, 0.4) is 0 Å². The minimum atomic E-state index is -0.170. The van der Waals surface area contributed by atoms with Gasteiger partial charge in [0.1, 0.15) is 12.7 Å². The maximum atomic E-state index is 11.9. The Kier molecular flexibility index (Phi) is 7.34. The molecule has 0 aliphatic carbocycles. The van der Waals surface area contributed by atoms with Crippen LogP contribution in [0.4, 0.5) is 4.79 Å². The first-order chi connectivity index (χ1) is 11.5. The summed E-state index contributed by atoms with van der Waals surface area (Å²) in [5, 5.41) is 14.5. The maximum Gasteiger partial charge on any atom is 0.315 e. The number of aryl methyl sites for hydroxylation is 1. The summed E-state index contributed by atoms with van der Waals surface area (Å²) in [5.74, 6) is 0. The zero-order valence-corrected chi connectivity index (χ0v) is 15.0. The van der Waals surface area contributed by atoms with E-state index in [-0.39, 0.29) is 12.1 Å². The highest BCUT2D eigenvalue weighted by Gasteiger charge is 2.10. The molecule has 0 bridgehead atoms. The van der Waals surface area contributed by atoms with Gasteiger partial charge in [-0.25, -0.2) is 4.79 Å². The lowest BCUT2D eigenvalue weighted by molar-refractivity contribution is 0.237. The molecule has 1 aromatic heterocycles. The number of nitrogens with zero attached hydrogens (tertiary/aromatic N) is 3. The molecule has 1 atom stereocenters. The Morgan fingerprint density at radius 2 is 2.00 bits per heavy atom. The molecule has 0 radical (unpaired) electrons. The fourth-order valence-corrected chi connectivity index (χ4v) is 2.79. The van der Waals surface area contributed by atoms with E-state index in [0.717, 1.165) is 24.9 Å². The van der Waals surface area contributed by atoms with Crippen molar-refractivity contribution in [2.24, 2.45) is 0 Å². The molecule has 24 heavy (non-hydrogen) atoms. The van der Waals surface area contributed by atoms with E-state index in [2.05, 4.69) is 20.8 Å². The first-order valence-electron chi connectivity index (χ1n) is 7.85. The first-order valence-corrected chi connectivity index (χ1v) is 8.61. The van der Waals surface area contributed by atoms with E-state index in [1.807, 2.05) is 17.6 Å². The van der Waals surface area contributed by atoms with Crippen molar-refractivity contribution >= 4 is 29.2 Å². The number of aromatic nitrogens is 3. The second-order valence-electron chi connectivity index (χ2n) is 5.65. The predicted molar refractivity (Wildman–Crippen MR) is 95.4 cm³/mol. The fraction of sp³-hybridized carbons (Fsp3) is 0.438. The van der Waals surface area contributed by atoms with Crippen LogP contribution < -0.4 is 10.6 Å². The Morgan fingerprint density at radius 3 is 2.71 bits per heavy atom. The van der Waals surface area contributed by atoms with Crippen molar-refractivity contribution in [2.45, 2.75) is 38.8 Å². The van der Waals surface area contributed by atoms with Crippen LogP contribution >= 0.6 is 23.2 Å². The van der Waals surface area contributed by atoms with Crippen molar-refractivity contribution in [3.63, 3.8) is 0 Å². The summed E-state index contributed by atoms with van der Waals surface area (Å²) >= 11 is 12.0. The molecular weight excluding hydrogens is 349 g/mol. The summed E-state index contributed by atoms with van der Waals surface area (Å²) in [6, 6.07) is 5.19. The van der Waals surface area contributed by atoms with Gasteiger partial charge in [0.25, 0.3) is 0 Å². The molecule has 0 saturated carbocycles. The highest BCUT2D eigenvalue weighted by atomic mass is 35.5. The monoisotopic (exact) mass is 369 g/mol. The second-order valence-corrected chi connectivity index (χ2v) is 6.49. The van der Waals surface area contributed by atoms with Crippen LogP contribution in [0.15, 0.2) is 30.9 Å². The average Bonchev–Trinajstić information content (AvgIpc) is 3.03. The van der Waals surface area contributed by atoms with E-state index in [1.54, 1.807) is 24.8 Å². The summed E-state index contributed by atoms with van der Waals surface area (Å²) in [4.78, 5) is 11.9. The molecule has 130 valence electrons.